The van der Waals surface area contributed by atoms with Crippen molar-refractivity contribution in [3.63, 3.8) is 0 Å². The third kappa shape index (κ3) is 3.04. The molecule has 22 heavy (non-hydrogen) atoms. The van der Waals surface area contributed by atoms with Gasteiger partial charge in [-0.3, -0.25) is 15.1 Å². The normalized spacial score (nSPS) is 10.5. The number of nitrogens with zero attached hydrogens (tertiary/aromatic N) is 2. The van der Waals surface area contributed by atoms with E-state index in [0.717, 1.165) is 22.4 Å². The van der Waals surface area contributed by atoms with Gasteiger partial charge in [0.2, 0.25) is 0 Å². The van der Waals surface area contributed by atoms with Gasteiger partial charge in [-0.15, -0.1) is 11.3 Å². The van der Waals surface area contributed by atoms with Gasteiger partial charge in [-0.1, -0.05) is 17.7 Å². The number of anilines is 1. The van der Waals surface area contributed by atoms with Gasteiger partial charge in [-0.25, -0.2) is 4.98 Å². The van der Waals surface area contributed by atoms with Gasteiger partial charge in [0.15, 0.2) is 5.13 Å². The molecule has 0 bridgehead atoms. The molecule has 4 nitrogen and oxygen atoms in total. The van der Waals surface area contributed by atoms with Crippen molar-refractivity contribution in [2.75, 3.05) is 5.32 Å². The molecule has 0 saturated heterocycles. The number of nitrogens with one attached hydrogen (secondary N) is 1. The summed E-state index contributed by atoms with van der Waals surface area (Å²) < 4.78 is 0. The number of benzene rings is 1. The largest absolute Gasteiger partial charge is 0.298 e. The first-order valence-electron chi connectivity index (χ1n) is 6.88. The number of pyridine rings is 1. The zero-order valence-corrected chi connectivity index (χ0v) is 13.1. The van der Waals surface area contributed by atoms with Crippen molar-refractivity contribution in [2.24, 2.45) is 0 Å². The maximum Gasteiger partial charge on any atom is 0.257 e. The molecule has 3 aromatic rings. The molecule has 0 aliphatic heterocycles. The summed E-state index contributed by atoms with van der Waals surface area (Å²) in [5, 5.41) is 5.39. The second kappa shape index (κ2) is 6.07. The molecule has 0 unspecified atom stereocenters. The van der Waals surface area contributed by atoms with Crippen molar-refractivity contribution in [3.8, 4) is 11.3 Å². The lowest BCUT2D eigenvalue weighted by Crippen LogP contribution is -2.13. The Morgan fingerprint density at radius 2 is 1.91 bits per heavy atom. The van der Waals surface area contributed by atoms with Gasteiger partial charge >= 0.3 is 0 Å². The number of amides is 1. The zero-order chi connectivity index (χ0) is 15.5. The van der Waals surface area contributed by atoms with Crippen LogP contribution in [0.15, 0.2) is 48.1 Å². The minimum Gasteiger partial charge on any atom is -0.298 e. The van der Waals surface area contributed by atoms with Crippen molar-refractivity contribution in [1.82, 2.24) is 9.97 Å². The number of aryl methyl sites for hydroxylation is 2. The van der Waals surface area contributed by atoms with Gasteiger partial charge in [0, 0.05) is 28.9 Å². The van der Waals surface area contributed by atoms with E-state index in [1.807, 2.05) is 49.6 Å². The van der Waals surface area contributed by atoms with Crippen LogP contribution < -0.4 is 5.32 Å². The number of carbonyl (C=O) groups is 1. The number of carbonyl (C=O) groups excluding carboxylic acids is 1. The van der Waals surface area contributed by atoms with Gasteiger partial charge in [0.05, 0.1) is 5.69 Å². The average molecular weight is 309 g/mol. The lowest BCUT2D eigenvalue weighted by molar-refractivity contribution is 0.102. The molecule has 110 valence electrons. The molecular formula is C17H15N3OS. The summed E-state index contributed by atoms with van der Waals surface area (Å²) in [4.78, 5) is 20.8. The first-order valence-corrected chi connectivity index (χ1v) is 7.76. The minimum atomic E-state index is -0.128. The molecular weight excluding hydrogens is 294 g/mol. The first kappa shape index (κ1) is 14.4. The molecule has 0 atom stereocenters. The fraction of sp³-hybridized carbons (Fsp3) is 0.118. The number of thiazole rings is 1. The third-order valence-corrected chi connectivity index (χ3v) is 4.10. The summed E-state index contributed by atoms with van der Waals surface area (Å²) in [6.45, 7) is 3.90. The Labute approximate surface area is 132 Å². The molecule has 0 fully saturated rings. The highest BCUT2D eigenvalue weighted by atomic mass is 32.1. The van der Waals surface area contributed by atoms with Gasteiger partial charge in [-0.05, 0) is 37.6 Å². The minimum absolute atomic E-state index is 0.128. The number of hydrogen-bond acceptors (Lipinski definition) is 4. The van der Waals surface area contributed by atoms with Gasteiger partial charge in [0.1, 0.15) is 0 Å². The van der Waals surface area contributed by atoms with E-state index in [1.165, 1.54) is 11.3 Å². The third-order valence-electron chi connectivity index (χ3n) is 3.34. The highest BCUT2D eigenvalue weighted by Gasteiger charge is 2.12. The second-order valence-electron chi connectivity index (χ2n) is 5.05. The van der Waals surface area contributed by atoms with Crippen LogP contribution in [-0.4, -0.2) is 15.9 Å². The van der Waals surface area contributed by atoms with E-state index in [4.69, 9.17) is 0 Å². The van der Waals surface area contributed by atoms with Gasteiger partial charge in [-0.2, -0.15) is 0 Å². The Morgan fingerprint density at radius 3 is 2.68 bits per heavy atom. The smallest absolute Gasteiger partial charge is 0.257 e. The Kier molecular flexibility index (Phi) is 3.98. The van der Waals surface area contributed by atoms with Gasteiger partial charge < -0.3 is 0 Å². The molecule has 3 rings (SSSR count). The molecule has 1 N–H and O–H groups in total. The summed E-state index contributed by atoms with van der Waals surface area (Å²) in [5.41, 5.74) is 4.52. The zero-order valence-electron chi connectivity index (χ0n) is 12.3. The van der Waals surface area contributed by atoms with E-state index < -0.39 is 0 Å². The van der Waals surface area contributed by atoms with Crippen molar-refractivity contribution < 1.29 is 4.79 Å². The number of aromatic nitrogens is 2. The van der Waals surface area contributed by atoms with E-state index in [0.29, 0.717) is 10.7 Å². The molecule has 5 heteroatoms. The second-order valence-corrected chi connectivity index (χ2v) is 5.90. The highest BCUT2D eigenvalue weighted by molar-refractivity contribution is 7.14. The Bertz CT molecular complexity index is 812. The van der Waals surface area contributed by atoms with E-state index in [2.05, 4.69) is 15.3 Å². The molecule has 0 aliphatic rings. The molecule has 0 saturated carbocycles. The summed E-state index contributed by atoms with van der Waals surface area (Å²) >= 11 is 1.41. The Morgan fingerprint density at radius 1 is 1.14 bits per heavy atom. The van der Waals surface area contributed by atoms with Crippen LogP contribution in [0.2, 0.25) is 0 Å². The molecule has 0 aliphatic carbocycles. The van der Waals surface area contributed by atoms with Crippen molar-refractivity contribution in [2.45, 2.75) is 13.8 Å². The van der Waals surface area contributed by atoms with Crippen molar-refractivity contribution in [3.05, 3.63) is 64.8 Å². The highest BCUT2D eigenvalue weighted by Crippen LogP contribution is 2.25. The van der Waals surface area contributed by atoms with E-state index in [-0.39, 0.29) is 5.91 Å². The van der Waals surface area contributed by atoms with Crippen LogP contribution in [0.1, 0.15) is 21.5 Å². The maximum atomic E-state index is 12.4. The lowest BCUT2D eigenvalue weighted by atomic mass is 10.1. The Hall–Kier alpha value is -2.53. The number of rotatable bonds is 3. The fourth-order valence-corrected chi connectivity index (χ4v) is 2.85. The summed E-state index contributed by atoms with van der Waals surface area (Å²) in [6.07, 6.45) is 3.45. The van der Waals surface area contributed by atoms with Crippen LogP contribution in [0.5, 0.6) is 0 Å². The van der Waals surface area contributed by atoms with Crippen molar-refractivity contribution in [1.29, 1.82) is 0 Å². The molecule has 0 spiro atoms. The maximum absolute atomic E-state index is 12.4. The topological polar surface area (TPSA) is 54.9 Å². The van der Waals surface area contributed by atoms with Crippen LogP contribution in [0, 0.1) is 13.8 Å². The SMILES string of the molecule is Cc1ccc(C)c(C(=O)Nc2nc(-c3ccncc3)cs2)c1. The lowest BCUT2D eigenvalue weighted by Gasteiger charge is -2.06. The van der Waals surface area contributed by atoms with E-state index in [1.54, 1.807) is 12.4 Å². The van der Waals surface area contributed by atoms with Crippen LogP contribution in [0.3, 0.4) is 0 Å². The Balaban J connectivity index is 1.81. The van der Waals surface area contributed by atoms with E-state index >= 15 is 0 Å². The average Bonchev–Trinajstić information content (AvgIpc) is 2.99. The molecule has 1 amide bonds. The van der Waals surface area contributed by atoms with E-state index in [9.17, 15) is 4.79 Å². The van der Waals surface area contributed by atoms with Crippen LogP contribution in [0.4, 0.5) is 5.13 Å². The molecule has 0 radical (unpaired) electrons. The monoisotopic (exact) mass is 309 g/mol. The van der Waals surface area contributed by atoms with Gasteiger partial charge in [0.25, 0.3) is 5.91 Å². The summed E-state index contributed by atoms with van der Waals surface area (Å²) in [6, 6.07) is 9.63. The van der Waals surface area contributed by atoms with Crippen molar-refractivity contribution >= 4 is 22.4 Å². The molecule has 2 heterocycles. The number of hydrogen-bond donors (Lipinski definition) is 1. The quantitative estimate of drug-likeness (QED) is 0.793. The predicted molar refractivity (Wildman–Crippen MR) is 89.2 cm³/mol. The summed E-state index contributed by atoms with van der Waals surface area (Å²) in [7, 11) is 0. The van der Waals surface area contributed by atoms with Crippen LogP contribution in [-0.2, 0) is 0 Å². The molecule has 1 aromatic carbocycles. The van der Waals surface area contributed by atoms with Crippen LogP contribution in [0.25, 0.3) is 11.3 Å². The van der Waals surface area contributed by atoms with Crippen LogP contribution >= 0.6 is 11.3 Å². The fourth-order valence-electron chi connectivity index (χ4n) is 2.13. The predicted octanol–water partition coefficient (Wildman–Crippen LogP) is 4.07. The standard InChI is InChI=1S/C17H15N3OS/c1-11-3-4-12(2)14(9-11)16(21)20-17-19-15(10-22-17)13-5-7-18-8-6-13/h3-10H,1-2H3,(H,19,20,21). The first-order chi connectivity index (χ1) is 10.6. The molecule has 2 aromatic heterocycles. The summed E-state index contributed by atoms with van der Waals surface area (Å²) in [5.74, 6) is -0.128.